The van der Waals surface area contributed by atoms with E-state index in [1.165, 1.54) is 25.7 Å². The third-order valence-electron chi connectivity index (χ3n) is 3.79. The molecule has 0 amide bonds. The molecule has 2 N–H and O–H groups in total. The fourth-order valence-electron chi connectivity index (χ4n) is 2.59. The molecule has 1 fully saturated rings. The van der Waals surface area contributed by atoms with E-state index in [1.54, 1.807) is 0 Å². The second kappa shape index (κ2) is 5.05. The monoisotopic (exact) mass is 227 g/mol. The zero-order valence-corrected chi connectivity index (χ0v) is 11.6. The van der Waals surface area contributed by atoms with E-state index in [2.05, 4.69) is 33.0 Å². The van der Waals surface area contributed by atoms with Gasteiger partial charge in [0.2, 0.25) is 0 Å². The van der Waals surface area contributed by atoms with Crippen molar-refractivity contribution >= 4 is 0 Å². The van der Waals surface area contributed by atoms with Crippen molar-refractivity contribution < 1.29 is 5.11 Å². The van der Waals surface area contributed by atoms with E-state index in [1.807, 2.05) is 6.92 Å². The van der Waals surface area contributed by atoms with Crippen LogP contribution in [0.4, 0.5) is 0 Å². The number of nitrogens with one attached hydrogen (secondary N) is 1. The summed E-state index contributed by atoms with van der Waals surface area (Å²) in [6, 6.07) is 0. The highest BCUT2D eigenvalue weighted by molar-refractivity contribution is 4.89. The number of rotatable bonds is 3. The Morgan fingerprint density at radius 2 is 1.81 bits per heavy atom. The Balaban J connectivity index is 2.48. The zero-order valence-electron chi connectivity index (χ0n) is 11.6. The Labute approximate surface area is 101 Å². The van der Waals surface area contributed by atoms with Gasteiger partial charge >= 0.3 is 0 Å². The molecule has 1 aliphatic carbocycles. The standard InChI is InChI=1S/C14H29NO/c1-11-7-6-8-12(9-11)14(5,16)10-15-13(2,3)4/h11-12,15-16H,6-10H2,1-5H3. The summed E-state index contributed by atoms with van der Waals surface area (Å²) in [5.74, 6) is 1.24. The first-order valence-electron chi connectivity index (χ1n) is 6.68. The largest absolute Gasteiger partial charge is 0.389 e. The van der Waals surface area contributed by atoms with Gasteiger partial charge in [0.05, 0.1) is 5.60 Å². The van der Waals surface area contributed by atoms with Gasteiger partial charge in [-0.05, 0) is 52.4 Å². The molecule has 2 heteroatoms. The molecule has 0 bridgehead atoms. The number of β-amino-alcohol motifs (C(OH)–C–C–N with tert-alkyl or cyclic N) is 1. The second-order valence-electron chi connectivity index (χ2n) is 6.93. The zero-order chi connectivity index (χ0) is 12.4. The molecule has 0 aromatic carbocycles. The highest BCUT2D eigenvalue weighted by atomic mass is 16.3. The normalized spacial score (nSPS) is 31.1. The topological polar surface area (TPSA) is 32.3 Å². The third kappa shape index (κ3) is 4.42. The Morgan fingerprint density at radius 1 is 1.19 bits per heavy atom. The Kier molecular flexibility index (Phi) is 4.42. The van der Waals surface area contributed by atoms with Crippen molar-refractivity contribution in [1.82, 2.24) is 5.32 Å². The molecule has 0 aliphatic heterocycles. The molecular weight excluding hydrogens is 198 g/mol. The number of aliphatic hydroxyl groups is 1. The minimum Gasteiger partial charge on any atom is -0.389 e. The van der Waals surface area contributed by atoms with Crippen LogP contribution in [0.3, 0.4) is 0 Å². The summed E-state index contributed by atoms with van der Waals surface area (Å²) in [6.07, 6.45) is 4.97. The van der Waals surface area contributed by atoms with Crippen molar-refractivity contribution in [2.75, 3.05) is 6.54 Å². The summed E-state index contributed by atoms with van der Waals surface area (Å²) in [7, 11) is 0. The van der Waals surface area contributed by atoms with Crippen LogP contribution < -0.4 is 5.32 Å². The van der Waals surface area contributed by atoms with Gasteiger partial charge in [0.25, 0.3) is 0 Å². The molecular formula is C14H29NO. The number of hydrogen-bond donors (Lipinski definition) is 2. The van der Waals surface area contributed by atoms with Crippen molar-refractivity contribution in [3.8, 4) is 0 Å². The summed E-state index contributed by atoms with van der Waals surface area (Å²) >= 11 is 0. The summed E-state index contributed by atoms with van der Waals surface area (Å²) in [5, 5.41) is 14.0. The average molecular weight is 227 g/mol. The molecule has 96 valence electrons. The molecule has 2 nitrogen and oxygen atoms in total. The van der Waals surface area contributed by atoms with Crippen LogP contribution in [-0.4, -0.2) is 22.8 Å². The lowest BCUT2D eigenvalue weighted by molar-refractivity contribution is -0.0268. The first-order valence-corrected chi connectivity index (χ1v) is 6.68. The molecule has 3 atom stereocenters. The average Bonchev–Trinajstić information content (AvgIpc) is 2.14. The van der Waals surface area contributed by atoms with E-state index < -0.39 is 5.60 Å². The fourth-order valence-corrected chi connectivity index (χ4v) is 2.59. The Hall–Kier alpha value is -0.0800. The molecule has 0 aromatic heterocycles. The SMILES string of the molecule is CC1CCCC(C(C)(O)CNC(C)(C)C)C1. The van der Waals surface area contributed by atoms with Gasteiger partial charge in [-0.25, -0.2) is 0 Å². The van der Waals surface area contributed by atoms with Crippen LogP contribution in [0.25, 0.3) is 0 Å². The predicted octanol–water partition coefficient (Wildman–Crippen LogP) is 2.95. The number of hydrogen-bond acceptors (Lipinski definition) is 2. The highest BCUT2D eigenvalue weighted by Gasteiger charge is 2.35. The molecule has 0 heterocycles. The van der Waals surface area contributed by atoms with E-state index in [0.717, 1.165) is 5.92 Å². The third-order valence-corrected chi connectivity index (χ3v) is 3.79. The van der Waals surface area contributed by atoms with E-state index in [9.17, 15) is 5.11 Å². The van der Waals surface area contributed by atoms with Crippen LogP contribution in [0.1, 0.15) is 60.3 Å². The molecule has 1 aliphatic rings. The molecule has 0 spiro atoms. The summed E-state index contributed by atoms with van der Waals surface area (Å²) in [5.41, 5.74) is -0.466. The van der Waals surface area contributed by atoms with E-state index in [4.69, 9.17) is 0 Å². The molecule has 1 rings (SSSR count). The molecule has 3 unspecified atom stereocenters. The van der Waals surface area contributed by atoms with Crippen LogP contribution in [0.15, 0.2) is 0 Å². The molecule has 1 saturated carbocycles. The van der Waals surface area contributed by atoms with Gasteiger partial charge in [-0.3, -0.25) is 0 Å². The fraction of sp³-hybridized carbons (Fsp3) is 1.00. The lowest BCUT2D eigenvalue weighted by Gasteiger charge is -2.39. The lowest BCUT2D eigenvalue weighted by Crippen LogP contribution is -2.50. The second-order valence-corrected chi connectivity index (χ2v) is 6.93. The smallest absolute Gasteiger partial charge is 0.0771 e. The van der Waals surface area contributed by atoms with Crippen LogP contribution in [0.5, 0.6) is 0 Å². The Morgan fingerprint density at radius 3 is 2.31 bits per heavy atom. The van der Waals surface area contributed by atoms with Crippen molar-refractivity contribution in [2.24, 2.45) is 11.8 Å². The summed E-state index contributed by atoms with van der Waals surface area (Å²) < 4.78 is 0. The summed E-state index contributed by atoms with van der Waals surface area (Å²) in [6.45, 7) is 11.4. The van der Waals surface area contributed by atoms with Gasteiger partial charge in [-0.1, -0.05) is 19.8 Å². The van der Waals surface area contributed by atoms with E-state index in [0.29, 0.717) is 12.5 Å². The maximum Gasteiger partial charge on any atom is 0.0771 e. The summed E-state index contributed by atoms with van der Waals surface area (Å²) in [4.78, 5) is 0. The van der Waals surface area contributed by atoms with Gasteiger partial charge in [-0.2, -0.15) is 0 Å². The molecule has 0 aromatic rings. The van der Waals surface area contributed by atoms with E-state index in [-0.39, 0.29) is 5.54 Å². The van der Waals surface area contributed by atoms with Gasteiger partial charge < -0.3 is 10.4 Å². The van der Waals surface area contributed by atoms with Crippen molar-refractivity contribution in [2.45, 2.75) is 71.4 Å². The molecule has 0 radical (unpaired) electrons. The molecule has 16 heavy (non-hydrogen) atoms. The minimum absolute atomic E-state index is 0.0876. The molecule has 0 saturated heterocycles. The van der Waals surface area contributed by atoms with Gasteiger partial charge in [-0.15, -0.1) is 0 Å². The van der Waals surface area contributed by atoms with E-state index >= 15 is 0 Å². The maximum absolute atomic E-state index is 10.6. The van der Waals surface area contributed by atoms with Crippen LogP contribution in [0, 0.1) is 11.8 Å². The first kappa shape index (κ1) is 14.0. The van der Waals surface area contributed by atoms with Gasteiger partial charge in [0, 0.05) is 12.1 Å². The van der Waals surface area contributed by atoms with Crippen LogP contribution in [0.2, 0.25) is 0 Å². The minimum atomic E-state index is -0.554. The van der Waals surface area contributed by atoms with Crippen molar-refractivity contribution in [3.63, 3.8) is 0 Å². The lowest BCUT2D eigenvalue weighted by atomic mass is 9.74. The van der Waals surface area contributed by atoms with Crippen LogP contribution in [-0.2, 0) is 0 Å². The highest BCUT2D eigenvalue weighted by Crippen LogP contribution is 2.35. The van der Waals surface area contributed by atoms with Crippen LogP contribution >= 0.6 is 0 Å². The Bertz CT molecular complexity index is 217. The van der Waals surface area contributed by atoms with Gasteiger partial charge in [0.1, 0.15) is 0 Å². The predicted molar refractivity (Wildman–Crippen MR) is 69.5 cm³/mol. The first-order chi connectivity index (χ1) is 7.21. The van der Waals surface area contributed by atoms with Gasteiger partial charge in [0.15, 0.2) is 0 Å². The maximum atomic E-state index is 10.6. The van der Waals surface area contributed by atoms with Crippen molar-refractivity contribution in [1.29, 1.82) is 0 Å². The quantitative estimate of drug-likeness (QED) is 0.777. The van der Waals surface area contributed by atoms with Crippen molar-refractivity contribution in [3.05, 3.63) is 0 Å².